The van der Waals surface area contributed by atoms with Gasteiger partial charge in [0.2, 0.25) is 0 Å². The van der Waals surface area contributed by atoms with Gasteiger partial charge in [-0.2, -0.15) is 5.26 Å². The summed E-state index contributed by atoms with van der Waals surface area (Å²) in [7, 11) is -2.62. The van der Waals surface area contributed by atoms with Gasteiger partial charge in [-0.1, -0.05) is 6.07 Å². The zero-order valence-corrected chi connectivity index (χ0v) is 15.1. The molecule has 0 bridgehead atoms. The van der Waals surface area contributed by atoms with Crippen molar-refractivity contribution < 1.29 is 27.0 Å². The lowest BCUT2D eigenvalue weighted by Crippen LogP contribution is -2.25. The third-order valence-electron chi connectivity index (χ3n) is 4.72. The van der Waals surface area contributed by atoms with Crippen molar-refractivity contribution in [3.8, 4) is 17.6 Å². The Labute approximate surface area is 157 Å². The van der Waals surface area contributed by atoms with Gasteiger partial charge in [-0.15, -0.1) is 0 Å². The van der Waals surface area contributed by atoms with Crippen molar-refractivity contribution >= 4 is 10.7 Å². The highest BCUT2D eigenvalue weighted by atomic mass is 32.2. The first-order valence-electron chi connectivity index (χ1n) is 8.44. The fourth-order valence-corrected chi connectivity index (χ4v) is 4.28. The molecule has 6 nitrogen and oxygen atoms in total. The zero-order valence-electron chi connectivity index (χ0n) is 14.2. The molecule has 1 aliphatic heterocycles. The number of thiol groups is 1. The van der Waals surface area contributed by atoms with Crippen molar-refractivity contribution in [2.75, 3.05) is 13.2 Å². The minimum Gasteiger partial charge on any atom is -0.457 e. The molecule has 1 saturated heterocycles. The van der Waals surface area contributed by atoms with Gasteiger partial charge in [-0.3, -0.25) is 0 Å². The van der Waals surface area contributed by atoms with Crippen LogP contribution in [0.1, 0.15) is 28.7 Å². The lowest BCUT2D eigenvalue weighted by molar-refractivity contribution is -0.163. The van der Waals surface area contributed by atoms with Crippen LogP contribution in [0.4, 0.5) is 4.39 Å². The summed E-state index contributed by atoms with van der Waals surface area (Å²) in [6.07, 6.45) is 1.13. The largest absolute Gasteiger partial charge is 0.457 e. The summed E-state index contributed by atoms with van der Waals surface area (Å²) in [4.78, 5) is 0. The summed E-state index contributed by atoms with van der Waals surface area (Å²) in [6, 6.07) is 8.99. The van der Waals surface area contributed by atoms with Crippen molar-refractivity contribution in [2.24, 2.45) is 0 Å². The summed E-state index contributed by atoms with van der Waals surface area (Å²) in [5.74, 6) is -0.967. The molecule has 0 radical (unpaired) electrons. The van der Waals surface area contributed by atoms with E-state index in [0.29, 0.717) is 42.9 Å². The van der Waals surface area contributed by atoms with Crippen LogP contribution in [0.2, 0.25) is 0 Å². The number of nitriles is 1. The minimum atomic E-state index is -2.62. The molecule has 0 saturated carbocycles. The predicted octanol–water partition coefficient (Wildman–Crippen LogP) is 2.75. The Morgan fingerprint density at radius 1 is 1.22 bits per heavy atom. The highest BCUT2D eigenvalue weighted by molar-refractivity contribution is 7.71. The van der Waals surface area contributed by atoms with E-state index < -0.39 is 22.3 Å². The zero-order chi connectivity index (χ0) is 19.0. The lowest BCUT2D eigenvalue weighted by Gasteiger charge is -2.25. The van der Waals surface area contributed by atoms with Crippen LogP contribution in [-0.2, 0) is 38.1 Å². The van der Waals surface area contributed by atoms with Gasteiger partial charge in [0.05, 0.1) is 30.6 Å². The summed E-state index contributed by atoms with van der Waals surface area (Å²) in [5, 5.41) is 9.00. The fourth-order valence-electron chi connectivity index (χ4n) is 3.74. The average molecular weight is 389 g/mol. The van der Waals surface area contributed by atoms with Crippen LogP contribution >= 0.6 is 0 Å². The Hall–Kier alpha value is -2.47. The Morgan fingerprint density at radius 3 is 2.70 bits per heavy atom. The van der Waals surface area contributed by atoms with E-state index in [2.05, 4.69) is 0 Å². The van der Waals surface area contributed by atoms with E-state index >= 15 is 0 Å². The Morgan fingerprint density at radius 2 is 2.00 bits per heavy atom. The highest BCUT2D eigenvalue weighted by Gasteiger charge is 2.47. The Kier molecular flexibility index (Phi) is 4.60. The molecule has 1 aliphatic carbocycles. The summed E-state index contributed by atoms with van der Waals surface area (Å²) < 4.78 is 53.8. The summed E-state index contributed by atoms with van der Waals surface area (Å²) in [6.45, 7) is 0.867. The number of fused-ring (bicyclic) bond motifs is 2. The minimum absolute atomic E-state index is 0.120. The molecule has 0 atom stereocenters. The maximum absolute atomic E-state index is 13.7. The van der Waals surface area contributed by atoms with E-state index in [-0.39, 0.29) is 17.1 Å². The van der Waals surface area contributed by atoms with Crippen molar-refractivity contribution in [2.45, 2.75) is 24.4 Å². The molecular weight excluding hydrogens is 373 g/mol. The molecule has 140 valence electrons. The smallest absolute Gasteiger partial charge is 0.196 e. The summed E-state index contributed by atoms with van der Waals surface area (Å²) >= 11 is 0. The molecule has 8 heteroatoms. The lowest BCUT2D eigenvalue weighted by atomic mass is 10.00. The van der Waals surface area contributed by atoms with Gasteiger partial charge >= 0.3 is 0 Å². The molecule has 2 aliphatic rings. The molecular formula is C19H16FNO5S. The van der Waals surface area contributed by atoms with Crippen molar-refractivity contribution in [3.63, 3.8) is 0 Å². The van der Waals surface area contributed by atoms with E-state index in [0.717, 1.165) is 11.6 Å². The van der Waals surface area contributed by atoms with Gasteiger partial charge in [0.15, 0.2) is 5.79 Å². The van der Waals surface area contributed by atoms with E-state index in [4.69, 9.17) is 19.5 Å². The predicted molar refractivity (Wildman–Crippen MR) is 93.6 cm³/mol. The maximum atomic E-state index is 13.7. The van der Waals surface area contributed by atoms with Crippen LogP contribution < -0.4 is 4.74 Å². The van der Waals surface area contributed by atoms with Crippen molar-refractivity contribution in [1.29, 1.82) is 5.26 Å². The topological polar surface area (TPSA) is 85.6 Å². The molecule has 0 aromatic heterocycles. The van der Waals surface area contributed by atoms with Crippen LogP contribution in [0.5, 0.6) is 11.5 Å². The van der Waals surface area contributed by atoms with Crippen LogP contribution in [0.3, 0.4) is 0 Å². The Bertz CT molecular complexity index is 1010. The third-order valence-corrected chi connectivity index (χ3v) is 5.32. The summed E-state index contributed by atoms with van der Waals surface area (Å²) in [5.41, 5.74) is 2.24. The molecule has 0 unspecified atom stereocenters. The standard InChI is InChI=1S/C19H16FNO5S/c20-14-7-12(10-21)8-15(9-14)26-17-2-1-13(11-27(22)23)18-16(17)3-4-19(18)24-5-6-25-19/h1-2,7-9,27H,3-6,11H2. The molecule has 4 rings (SSSR count). The molecule has 1 spiro atoms. The number of hydrogen-bond acceptors (Lipinski definition) is 6. The Balaban J connectivity index is 1.79. The van der Waals surface area contributed by atoms with Crippen molar-refractivity contribution in [3.05, 3.63) is 58.4 Å². The second-order valence-electron chi connectivity index (χ2n) is 6.41. The van der Waals surface area contributed by atoms with Gasteiger partial charge < -0.3 is 14.2 Å². The number of halogens is 1. The first kappa shape index (κ1) is 17.9. The number of nitrogens with zero attached hydrogens (tertiary/aromatic N) is 1. The number of hydrogen-bond donors (Lipinski definition) is 1. The van der Waals surface area contributed by atoms with E-state index in [1.54, 1.807) is 12.1 Å². The van der Waals surface area contributed by atoms with Gasteiger partial charge in [-0.25, -0.2) is 12.8 Å². The number of ether oxygens (including phenoxy) is 3. The second kappa shape index (κ2) is 6.93. The van der Waals surface area contributed by atoms with Gasteiger partial charge in [0, 0.05) is 23.6 Å². The first-order chi connectivity index (χ1) is 13.0. The molecule has 27 heavy (non-hydrogen) atoms. The van der Waals surface area contributed by atoms with Crippen molar-refractivity contribution in [1.82, 2.24) is 0 Å². The average Bonchev–Trinajstić information content (AvgIpc) is 3.25. The quantitative estimate of drug-likeness (QED) is 0.810. The number of rotatable bonds is 4. The number of benzene rings is 2. The molecule has 2 aromatic carbocycles. The highest BCUT2D eigenvalue weighted by Crippen LogP contribution is 2.49. The third kappa shape index (κ3) is 3.30. The molecule has 2 aromatic rings. The van der Waals surface area contributed by atoms with Crippen LogP contribution in [0.25, 0.3) is 0 Å². The molecule has 0 N–H and O–H groups in total. The maximum Gasteiger partial charge on any atom is 0.196 e. The molecule has 0 amide bonds. The first-order valence-corrected chi connectivity index (χ1v) is 9.80. The van der Waals surface area contributed by atoms with Crippen LogP contribution in [0.15, 0.2) is 30.3 Å². The normalized spacial score (nSPS) is 17.2. The SMILES string of the molecule is N#Cc1cc(F)cc(Oc2ccc(C[SH](=O)=O)c3c2CCC32OCCO2)c1. The van der Waals surface area contributed by atoms with Gasteiger partial charge in [-0.05, 0) is 30.2 Å². The van der Waals surface area contributed by atoms with Gasteiger partial charge in [0.1, 0.15) is 28.0 Å². The van der Waals surface area contributed by atoms with E-state index in [1.807, 2.05) is 6.07 Å². The van der Waals surface area contributed by atoms with E-state index in [1.165, 1.54) is 12.1 Å². The fraction of sp³-hybridized carbons (Fsp3) is 0.316. The molecule has 1 heterocycles. The van der Waals surface area contributed by atoms with Gasteiger partial charge in [0.25, 0.3) is 0 Å². The monoisotopic (exact) mass is 389 g/mol. The van der Waals surface area contributed by atoms with Crippen LogP contribution in [-0.4, -0.2) is 21.6 Å². The molecule has 1 fully saturated rings. The second-order valence-corrected chi connectivity index (χ2v) is 7.39. The van der Waals surface area contributed by atoms with E-state index in [9.17, 15) is 12.8 Å². The van der Waals surface area contributed by atoms with Crippen LogP contribution in [0, 0.1) is 17.1 Å².